The van der Waals surface area contributed by atoms with Crippen molar-refractivity contribution in [2.45, 2.75) is 76.0 Å². The van der Waals surface area contributed by atoms with Crippen LogP contribution in [0.4, 0.5) is 0 Å². The molecule has 0 N–H and O–H groups in total. The Balaban J connectivity index is 2.02. The minimum absolute atomic E-state index is 0.0371. The summed E-state index contributed by atoms with van der Waals surface area (Å²) in [4.78, 5) is 0. The van der Waals surface area contributed by atoms with Gasteiger partial charge in [0.25, 0.3) is 0 Å². The molecule has 1 heterocycles. The number of thioether (sulfide) groups is 1. The fourth-order valence-corrected chi connectivity index (χ4v) is 2.97. The number of unbranched alkanes of at least 4 members (excludes halogenated alkanes) is 1. The molecule has 0 bridgehead atoms. The number of ether oxygens (including phenoxy) is 1. The molecule has 0 unspecified atom stereocenters. The summed E-state index contributed by atoms with van der Waals surface area (Å²) in [7, 11) is 0. The van der Waals surface area contributed by atoms with Crippen molar-refractivity contribution in [3.63, 3.8) is 0 Å². The van der Waals surface area contributed by atoms with Crippen LogP contribution in [-0.2, 0) is 10.2 Å². The number of rotatable bonds is 6. The van der Waals surface area contributed by atoms with Crippen molar-refractivity contribution in [2.24, 2.45) is 0 Å². The average Bonchev–Trinajstić information content (AvgIpc) is 2.76. The Kier molecular flexibility index (Phi) is 5.34. The normalized spacial score (nSPS) is 21.9. The second-order valence-electron chi connectivity index (χ2n) is 6.73. The van der Waals surface area contributed by atoms with E-state index in [1.54, 1.807) is 0 Å². The van der Waals surface area contributed by atoms with E-state index in [0.717, 1.165) is 42.7 Å². The van der Waals surface area contributed by atoms with E-state index < -0.39 is 0 Å². The van der Waals surface area contributed by atoms with Crippen LogP contribution >= 0.6 is 11.8 Å². The molecule has 1 aliphatic carbocycles. The quantitative estimate of drug-likeness (QED) is 0.447. The van der Waals surface area contributed by atoms with Crippen LogP contribution in [-0.4, -0.2) is 22.5 Å². The second kappa shape index (κ2) is 6.85. The van der Waals surface area contributed by atoms with Gasteiger partial charge in [0.2, 0.25) is 0 Å². The van der Waals surface area contributed by atoms with E-state index in [-0.39, 0.29) is 5.41 Å². The molecule has 2 rings (SSSR count). The summed E-state index contributed by atoms with van der Waals surface area (Å²) >= 11 is 1.14. The Morgan fingerprint density at radius 2 is 2.19 bits per heavy atom. The van der Waals surface area contributed by atoms with Crippen LogP contribution in [0.15, 0.2) is 11.1 Å². The van der Waals surface area contributed by atoms with Gasteiger partial charge in [0.15, 0.2) is 0 Å². The van der Waals surface area contributed by atoms with Gasteiger partial charge >= 0.3 is 0 Å². The molecule has 1 fully saturated rings. The first-order chi connectivity index (χ1) is 9.95. The summed E-state index contributed by atoms with van der Waals surface area (Å²) in [6.45, 7) is 9.62. The van der Waals surface area contributed by atoms with Crippen LogP contribution in [0.1, 0.15) is 65.1 Å². The summed E-state index contributed by atoms with van der Waals surface area (Å²) in [6, 6.07) is 2.47. The second-order valence-corrected chi connectivity index (χ2v) is 7.53. The number of hydrogen-bond donors (Lipinski definition) is 0. The van der Waals surface area contributed by atoms with Gasteiger partial charge in [0, 0.05) is 29.5 Å². The molecule has 0 amide bonds. The molecule has 1 aromatic heterocycles. The van der Waals surface area contributed by atoms with Gasteiger partial charge in [0.05, 0.1) is 12.1 Å². The lowest BCUT2D eigenvalue weighted by Gasteiger charge is -2.37. The zero-order valence-electron chi connectivity index (χ0n) is 13.4. The van der Waals surface area contributed by atoms with Crippen LogP contribution in [0.5, 0.6) is 0 Å². The van der Waals surface area contributed by atoms with Gasteiger partial charge in [-0.25, -0.2) is 0 Å². The van der Waals surface area contributed by atoms with E-state index >= 15 is 0 Å². The standard InChI is InChI=1S/C16H25N3OS/c1-5-6-7-20-13-8-12(9-13)19-14(16(2,3)4)10-15(18-19)21-11-17/h10,12-13H,5-9H2,1-4H3. The van der Waals surface area contributed by atoms with Crippen molar-refractivity contribution in [3.8, 4) is 5.40 Å². The van der Waals surface area contributed by atoms with Crippen molar-refractivity contribution in [2.75, 3.05) is 6.61 Å². The van der Waals surface area contributed by atoms with Crippen LogP contribution < -0.4 is 0 Å². The SMILES string of the molecule is CCCCOC1CC(n2nc(SC#N)cc2C(C)(C)C)C1. The average molecular weight is 307 g/mol. The Labute approximate surface area is 131 Å². The molecule has 1 aliphatic rings. The van der Waals surface area contributed by atoms with Crippen LogP contribution in [0.2, 0.25) is 0 Å². The van der Waals surface area contributed by atoms with Crippen LogP contribution in [0.25, 0.3) is 0 Å². The van der Waals surface area contributed by atoms with E-state index in [1.165, 1.54) is 12.1 Å². The number of nitriles is 1. The minimum atomic E-state index is 0.0371. The summed E-state index contributed by atoms with van der Waals surface area (Å²) in [5, 5.41) is 16.4. The highest BCUT2D eigenvalue weighted by Gasteiger charge is 2.35. The minimum Gasteiger partial charge on any atom is -0.378 e. The topological polar surface area (TPSA) is 50.8 Å². The number of aromatic nitrogens is 2. The van der Waals surface area contributed by atoms with E-state index in [0.29, 0.717) is 12.1 Å². The van der Waals surface area contributed by atoms with Crippen molar-refractivity contribution < 1.29 is 4.74 Å². The van der Waals surface area contributed by atoms with E-state index in [2.05, 4.69) is 48.9 Å². The zero-order chi connectivity index (χ0) is 15.5. The third kappa shape index (κ3) is 4.02. The summed E-state index contributed by atoms with van der Waals surface area (Å²) in [5.41, 5.74) is 1.24. The highest BCUT2D eigenvalue weighted by molar-refractivity contribution is 8.03. The third-order valence-corrected chi connectivity index (χ3v) is 4.40. The third-order valence-electron chi connectivity index (χ3n) is 3.90. The predicted octanol–water partition coefficient (Wildman–Crippen LogP) is 4.27. The highest BCUT2D eigenvalue weighted by atomic mass is 32.2. The monoisotopic (exact) mass is 307 g/mol. The van der Waals surface area contributed by atoms with Crippen molar-refractivity contribution in [1.82, 2.24) is 9.78 Å². The van der Waals surface area contributed by atoms with E-state index in [9.17, 15) is 0 Å². The maximum absolute atomic E-state index is 8.84. The molecule has 1 saturated carbocycles. The number of hydrogen-bond acceptors (Lipinski definition) is 4. The first-order valence-electron chi connectivity index (χ1n) is 7.73. The van der Waals surface area contributed by atoms with Crippen molar-refractivity contribution in [3.05, 3.63) is 11.8 Å². The molecule has 0 aliphatic heterocycles. The smallest absolute Gasteiger partial charge is 0.140 e. The molecular weight excluding hydrogens is 282 g/mol. The zero-order valence-corrected chi connectivity index (χ0v) is 14.2. The fourth-order valence-electron chi connectivity index (χ4n) is 2.58. The Hall–Kier alpha value is -0.990. The lowest BCUT2D eigenvalue weighted by molar-refractivity contribution is -0.0310. The van der Waals surface area contributed by atoms with Crippen LogP contribution in [0.3, 0.4) is 0 Å². The predicted molar refractivity (Wildman–Crippen MR) is 85.3 cm³/mol. The Morgan fingerprint density at radius 1 is 1.48 bits per heavy atom. The maximum Gasteiger partial charge on any atom is 0.140 e. The summed E-state index contributed by atoms with van der Waals surface area (Å²) in [5.74, 6) is 0. The van der Waals surface area contributed by atoms with Crippen molar-refractivity contribution >= 4 is 11.8 Å². The molecule has 0 radical (unpaired) electrons. The summed E-state index contributed by atoms with van der Waals surface area (Å²) in [6.07, 6.45) is 4.76. The molecule has 0 aromatic carbocycles. The van der Waals surface area contributed by atoms with Gasteiger partial charge in [0.1, 0.15) is 10.4 Å². The highest BCUT2D eigenvalue weighted by Crippen LogP contribution is 2.38. The molecule has 0 saturated heterocycles. The fraction of sp³-hybridized carbons (Fsp3) is 0.750. The molecule has 1 aromatic rings. The molecular formula is C16H25N3OS. The Morgan fingerprint density at radius 3 is 2.76 bits per heavy atom. The number of thiocyanates is 1. The van der Waals surface area contributed by atoms with Crippen molar-refractivity contribution in [1.29, 1.82) is 5.26 Å². The van der Waals surface area contributed by atoms with E-state index in [1.807, 2.05) is 0 Å². The molecule has 116 valence electrons. The Bertz CT molecular complexity index is 507. The van der Waals surface area contributed by atoms with Gasteiger partial charge in [-0.2, -0.15) is 10.4 Å². The maximum atomic E-state index is 8.84. The first-order valence-corrected chi connectivity index (χ1v) is 8.55. The molecule has 0 atom stereocenters. The van der Waals surface area contributed by atoms with Crippen LogP contribution in [0, 0.1) is 10.7 Å². The number of nitrogens with zero attached hydrogens (tertiary/aromatic N) is 3. The molecule has 4 nitrogen and oxygen atoms in total. The van der Waals surface area contributed by atoms with Gasteiger partial charge < -0.3 is 4.74 Å². The van der Waals surface area contributed by atoms with Gasteiger partial charge in [-0.3, -0.25) is 4.68 Å². The first kappa shape index (κ1) is 16.4. The van der Waals surface area contributed by atoms with E-state index in [4.69, 9.17) is 10.00 Å². The lowest BCUT2D eigenvalue weighted by Crippen LogP contribution is -2.36. The lowest BCUT2D eigenvalue weighted by atomic mass is 9.86. The van der Waals surface area contributed by atoms with Gasteiger partial charge in [-0.1, -0.05) is 34.1 Å². The molecule has 21 heavy (non-hydrogen) atoms. The largest absolute Gasteiger partial charge is 0.378 e. The molecule has 5 heteroatoms. The summed E-state index contributed by atoms with van der Waals surface area (Å²) < 4.78 is 7.98. The van der Waals surface area contributed by atoms with Gasteiger partial charge in [-0.05, 0) is 25.3 Å². The van der Waals surface area contributed by atoms with Gasteiger partial charge in [-0.15, -0.1) is 0 Å². The molecule has 0 spiro atoms.